The van der Waals surface area contributed by atoms with Crippen LogP contribution in [-0.4, -0.2) is 29.9 Å². The average Bonchev–Trinajstić information content (AvgIpc) is 2.73. The summed E-state index contributed by atoms with van der Waals surface area (Å²) >= 11 is 0. The largest absolute Gasteiger partial charge is 0.451 e. The number of esters is 1. The Morgan fingerprint density at radius 3 is 2.19 bits per heavy atom. The molecule has 0 spiro atoms. The molecule has 2 N–H and O–H groups in total. The highest BCUT2D eigenvalue weighted by Crippen LogP contribution is 2.13. The van der Waals surface area contributed by atoms with Gasteiger partial charge in [-0.1, -0.05) is 51.1 Å². The molecule has 0 unspecified atom stereocenters. The molecule has 31 heavy (non-hydrogen) atoms. The predicted molar refractivity (Wildman–Crippen MR) is 122 cm³/mol. The van der Waals surface area contributed by atoms with Crippen LogP contribution in [0.2, 0.25) is 0 Å². The molecular formula is C25H32N2O4. The highest BCUT2D eigenvalue weighted by molar-refractivity contribution is 5.99. The van der Waals surface area contributed by atoms with Gasteiger partial charge in [0.1, 0.15) is 6.04 Å². The van der Waals surface area contributed by atoms with Gasteiger partial charge in [0.05, 0.1) is 0 Å². The SMILES string of the molecule is CCc1ccc(NC(=O)[C@H](C)OC(=O)[C@@H](CC(C)C)NC(=O)c2ccccc2C)cc1. The molecule has 0 aliphatic heterocycles. The van der Waals surface area contributed by atoms with Gasteiger partial charge < -0.3 is 15.4 Å². The van der Waals surface area contributed by atoms with Gasteiger partial charge in [0.15, 0.2) is 6.10 Å². The van der Waals surface area contributed by atoms with Crippen LogP contribution in [0.4, 0.5) is 5.69 Å². The molecule has 2 amide bonds. The van der Waals surface area contributed by atoms with Crippen molar-refractivity contribution in [2.24, 2.45) is 5.92 Å². The summed E-state index contributed by atoms with van der Waals surface area (Å²) in [6, 6.07) is 13.8. The molecule has 0 heterocycles. The lowest BCUT2D eigenvalue weighted by Crippen LogP contribution is -2.45. The van der Waals surface area contributed by atoms with E-state index in [0.717, 1.165) is 12.0 Å². The van der Waals surface area contributed by atoms with Crippen molar-refractivity contribution in [3.05, 3.63) is 65.2 Å². The molecule has 2 aromatic rings. The topological polar surface area (TPSA) is 84.5 Å². The van der Waals surface area contributed by atoms with E-state index in [-0.39, 0.29) is 11.8 Å². The third-order valence-electron chi connectivity index (χ3n) is 4.98. The van der Waals surface area contributed by atoms with E-state index >= 15 is 0 Å². The van der Waals surface area contributed by atoms with Crippen LogP contribution in [0.1, 0.15) is 55.6 Å². The zero-order valence-corrected chi connectivity index (χ0v) is 18.9. The Kier molecular flexibility index (Phi) is 8.79. The zero-order valence-electron chi connectivity index (χ0n) is 18.9. The Morgan fingerprint density at radius 2 is 1.61 bits per heavy atom. The fourth-order valence-electron chi connectivity index (χ4n) is 3.13. The molecule has 0 aliphatic rings. The highest BCUT2D eigenvalue weighted by Gasteiger charge is 2.28. The monoisotopic (exact) mass is 424 g/mol. The van der Waals surface area contributed by atoms with E-state index in [1.807, 2.05) is 57.2 Å². The summed E-state index contributed by atoms with van der Waals surface area (Å²) in [6.45, 7) is 9.32. The smallest absolute Gasteiger partial charge is 0.329 e. The summed E-state index contributed by atoms with van der Waals surface area (Å²) in [5, 5.41) is 5.52. The van der Waals surface area contributed by atoms with Crippen LogP contribution >= 0.6 is 0 Å². The van der Waals surface area contributed by atoms with E-state index in [1.165, 1.54) is 12.5 Å². The molecule has 0 saturated heterocycles. The number of benzene rings is 2. The van der Waals surface area contributed by atoms with Gasteiger partial charge >= 0.3 is 5.97 Å². The molecule has 0 saturated carbocycles. The first-order valence-corrected chi connectivity index (χ1v) is 10.7. The quantitative estimate of drug-likeness (QED) is 0.589. The lowest BCUT2D eigenvalue weighted by atomic mass is 10.0. The Balaban J connectivity index is 2.02. The van der Waals surface area contributed by atoms with Crippen molar-refractivity contribution in [1.29, 1.82) is 0 Å². The summed E-state index contributed by atoms with van der Waals surface area (Å²) in [7, 11) is 0. The molecule has 2 atom stereocenters. The number of carbonyl (C=O) groups is 3. The molecule has 166 valence electrons. The lowest BCUT2D eigenvalue weighted by Gasteiger charge is -2.22. The lowest BCUT2D eigenvalue weighted by molar-refractivity contribution is -0.155. The van der Waals surface area contributed by atoms with Crippen LogP contribution in [-0.2, 0) is 20.7 Å². The van der Waals surface area contributed by atoms with Gasteiger partial charge in [0.2, 0.25) is 0 Å². The number of rotatable bonds is 9. The molecule has 2 rings (SSSR count). The molecule has 0 aromatic heterocycles. The van der Waals surface area contributed by atoms with E-state index < -0.39 is 24.0 Å². The number of amides is 2. The number of nitrogens with one attached hydrogen (secondary N) is 2. The van der Waals surface area contributed by atoms with E-state index in [9.17, 15) is 14.4 Å². The number of hydrogen-bond donors (Lipinski definition) is 2. The minimum Gasteiger partial charge on any atom is -0.451 e. The van der Waals surface area contributed by atoms with Crippen LogP contribution in [0.25, 0.3) is 0 Å². The summed E-state index contributed by atoms with van der Waals surface area (Å²) < 4.78 is 5.39. The van der Waals surface area contributed by atoms with E-state index in [1.54, 1.807) is 12.1 Å². The van der Waals surface area contributed by atoms with Crippen LogP contribution < -0.4 is 10.6 Å². The van der Waals surface area contributed by atoms with Gasteiger partial charge in [-0.2, -0.15) is 0 Å². The Bertz CT molecular complexity index is 906. The number of aryl methyl sites for hydroxylation is 2. The molecule has 0 bridgehead atoms. The van der Waals surface area contributed by atoms with E-state index in [0.29, 0.717) is 17.7 Å². The van der Waals surface area contributed by atoms with Crippen molar-refractivity contribution < 1.29 is 19.1 Å². The van der Waals surface area contributed by atoms with Crippen molar-refractivity contribution in [2.75, 3.05) is 5.32 Å². The van der Waals surface area contributed by atoms with Crippen LogP contribution in [0.3, 0.4) is 0 Å². The minimum absolute atomic E-state index is 0.149. The van der Waals surface area contributed by atoms with Gasteiger partial charge in [-0.25, -0.2) is 4.79 Å². The zero-order chi connectivity index (χ0) is 23.0. The van der Waals surface area contributed by atoms with Crippen molar-refractivity contribution in [3.63, 3.8) is 0 Å². The molecule has 0 fully saturated rings. The molecular weight excluding hydrogens is 392 g/mol. The van der Waals surface area contributed by atoms with Crippen molar-refractivity contribution in [3.8, 4) is 0 Å². The number of ether oxygens (including phenoxy) is 1. The van der Waals surface area contributed by atoms with E-state index in [2.05, 4.69) is 17.6 Å². The maximum atomic E-state index is 12.8. The van der Waals surface area contributed by atoms with Gasteiger partial charge in [-0.15, -0.1) is 0 Å². The molecule has 2 aromatic carbocycles. The Hall–Kier alpha value is -3.15. The van der Waals surface area contributed by atoms with Gasteiger partial charge in [0, 0.05) is 11.3 Å². The third-order valence-corrected chi connectivity index (χ3v) is 4.98. The van der Waals surface area contributed by atoms with Crippen LogP contribution in [0, 0.1) is 12.8 Å². The fraction of sp³-hybridized carbons (Fsp3) is 0.400. The van der Waals surface area contributed by atoms with Crippen molar-refractivity contribution in [2.45, 2.75) is 59.6 Å². The van der Waals surface area contributed by atoms with Crippen molar-refractivity contribution in [1.82, 2.24) is 5.32 Å². The standard InChI is InChI=1S/C25H32N2O4/c1-6-19-11-13-20(14-12-19)26-23(28)18(5)31-25(30)22(15-16(2)3)27-24(29)21-10-8-7-9-17(21)4/h7-14,16,18,22H,6,15H2,1-5H3,(H,26,28)(H,27,29)/t18-,22+/m0/s1. The predicted octanol–water partition coefficient (Wildman–Crippen LogP) is 4.27. The second kappa shape index (κ2) is 11.3. The van der Waals surface area contributed by atoms with Gasteiger partial charge in [0.25, 0.3) is 11.8 Å². The first kappa shape index (κ1) is 24.1. The molecule has 0 radical (unpaired) electrons. The Labute approximate surface area is 184 Å². The number of hydrogen-bond acceptors (Lipinski definition) is 4. The third kappa shape index (κ3) is 7.24. The number of anilines is 1. The van der Waals surface area contributed by atoms with Gasteiger partial charge in [-0.3, -0.25) is 9.59 Å². The van der Waals surface area contributed by atoms with Gasteiger partial charge in [-0.05, 0) is 61.9 Å². The number of carbonyl (C=O) groups excluding carboxylic acids is 3. The summed E-state index contributed by atoms with van der Waals surface area (Å²) in [5.41, 5.74) is 3.12. The summed E-state index contributed by atoms with van der Waals surface area (Å²) in [6.07, 6.45) is 0.320. The highest BCUT2D eigenvalue weighted by atomic mass is 16.5. The summed E-state index contributed by atoms with van der Waals surface area (Å²) in [5.74, 6) is -1.24. The maximum absolute atomic E-state index is 12.8. The molecule has 6 heteroatoms. The second-order valence-electron chi connectivity index (χ2n) is 8.09. The Morgan fingerprint density at radius 1 is 0.968 bits per heavy atom. The van der Waals surface area contributed by atoms with E-state index in [4.69, 9.17) is 4.74 Å². The van der Waals surface area contributed by atoms with Crippen molar-refractivity contribution >= 4 is 23.5 Å². The normalized spacial score (nSPS) is 12.7. The van der Waals surface area contributed by atoms with Crippen LogP contribution in [0.5, 0.6) is 0 Å². The van der Waals surface area contributed by atoms with Crippen LogP contribution in [0.15, 0.2) is 48.5 Å². The average molecular weight is 425 g/mol. The summed E-state index contributed by atoms with van der Waals surface area (Å²) in [4.78, 5) is 37.9. The fourth-order valence-corrected chi connectivity index (χ4v) is 3.13. The minimum atomic E-state index is -0.997. The first-order valence-electron chi connectivity index (χ1n) is 10.7. The molecule has 6 nitrogen and oxygen atoms in total. The molecule has 0 aliphatic carbocycles. The first-order chi connectivity index (χ1) is 14.7. The second-order valence-corrected chi connectivity index (χ2v) is 8.09. The maximum Gasteiger partial charge on any atom is 0.329 e.